The van der Waals surface area contributed by atoms with E-state index < -0.39 is 66.7 Å². The summed E-state index contributed by atoms with van der Waals surface area (Å²) < 4.78 is 44.5. The van der Waals surface area contributed by atoms with Crippen molar-refractivity contribution in [2.24, 2.45) is 0 Å². The lowest BCUT2D eigenvalue weighted by Gasteiger charge is -2.44. The number of esters is 5. The molecule has 3 rings (SSSR count). The maximum atomic E-state index is 12.9. The summed E-state index contributed by atoms with van der Waals surface area (Å²) in [6.07, 6.45) is -8.00. The third-order valence-corrected chi connectivity index (χ3v) is 6.26. The average molecular weight is 617 g/mol. The van der Waals surface area contributed by atoms with E-state index in [1.165, 1.54) is 14.0 Å². The number of hydrogen-bond donors (Lipinski definition) is 0. The van der Waals surface area contributed by atoms with Crippen molar-refractivity contribution >= 4 is 29.8 Å². The highest BCUT2D eigenvalue weighted by Crippen LogP contribution is 2.31. The van der Waals surface area contributed by atoms with Crippen LogP contribution in [0, 0.1) is 0 Å². The minimum absolute atomic E-state index is 0.0273. The van der Waals surface area contributed by atoms with E-state index in [4.69, 9.17) is 37.9 Å². The Morgan fingerprint density at radius 1 is 0.727 bits per heavy atom. The second-order valence-corrected chi connectivity index (χ2v) is 9.86. The van der Waals surface area contributed by atoms with Crippen LogP contribution in [0.2, 0.25) is 0 Å². The number of hydrogen-bond acceptors (Lipinski definition) is 13. The Kier molecular flexibility index (Phi) is 12.8. The van der Waals surface area contributed by atoms with Crippen LogP contribution < -0.4 is 4.74 Å². The molecule has 0 saturated carbocycles. The van der Waals surface area contributed by atoms with Crippen molar-refractivity contribution in [2.45, 2.75) is 77.5 Å². The van der Waals surface area contributed by atoms with Crippen LogP contribution in [0.1, 0.15) is 38.8 Å². The van der Waals surface area contributed by atoms with Gasteiger partial charge < -0.3 is 37.9 Å². The topological polar surface area (TPSA) is 159 Å². The standard InChI is InChI=1S/C31H36O13/c1-18(32)39-24-13-11-22(12-14-24)15-25(30(36)37-5)43-31-29(42-21(4)35)28(41-20(3)34)27(40-19(2)33)26(44-31)17-38-16-23-9-7-6-8-10-23/h6-14,25-29,31H,15-17H2,1-5H3/t25?,26-,27+,28+,29-,31-/m1/s1. The molecule has 0 amide bonds. The van der Waals surface area contributed by atoms with Gasteiger partial charge in [0.05, 0.1) is 20.3 Å². The zero-order chi connectivity index (χ0) is 32.2. The Labute approximate surface area is 254 Å². The molecule has 0 spiro atoms. The van der Waals surface area contributed by atoms with Gasteiger partial charge in [0.15, 0.2) is 30.7 Å². The van der Waals surface area contributed by atoms with Gasteiger partial charge in [0, 0.05) is 34.1 Å². The quantitative estimate of drug-likeness (QED) is 0.184. The average Bonchev–Trinajstić information content (AvgIpc) is 2.96. The first-order chi connectivity index (χ1) is 21.0. The summed E-state index contributed by atoms with van der Waals surface area (Å²) in [6.45, 7) is 4.72. The van der Waals surface area contributed by atoms with E-state index in [1.54, 1.807) is 24.3 Å². The number of rotatable bonds is 13. The van der Waals surface area contributed by atoms with Gasteiger partial charge in [-0.15, -0.1) is 0 Å². The van der Waals surface area contributed by atoms with E-state index in [0.29, 0.717) is 11.3 Å². The molecule has 44 heavy (non-hydrogen) atoms. The number of methoxy groups -OCH3 is 1. The first-order valence-electron chi connectivity index (χ1n) is 13.8. The molecular weight excluding hydrogens is 580 g/mol. The molecule has 1 fully saturated rings. The van der Waals surface area contributed by atoms with E-state index >= 15 is 0 Å². The molecule has 1 saturated heterocycles. The van der Waals surface area contributed by atoms with E-state index in [2.05, 4.69) is 0 Å². The second-order valence-electron chi connectivity index (χ2n) is 9.86. The monoisotopic (exact) mass is 616 g/mol. The molecule has 13 nitrogen and oxygen atoms in total. The van der Waals surface area contributed by atoms with Crippen LogP contribution in [0.15, 0.2) is 54.6 Å². The molecule has 0 aliphatic carbocycles. The maximum absolute atomic E-state index is 12.9. The smallest absolute Gasteiger partial charge is 0.335 e. The molecule has 2 aromatic carbocycles. The summed E-state index contributed by atoms with van der Waals surface area (Å²) in [7, 11) is 1.17. The lowest BCUT2D eigenvalue weighted by atomic mass is 9.97. The molecule has 2 aromatic rings. The van der Waals surface area contributed by atoms with Crippen molar-refractivity contribution in [3.8, 4) is 5.75 Å². The summed E-state index contributed by atoms with van der Waals surface area (Å²) >= 11 is 0. The number of carbonyl (C=O) groups excluding carboxylic acids is 5. The molecule has 0 N–H and O–H groups in total. The van der Waals surface area contributed by atoms with Gasteiger partial charge in [0.1, 0.15) is 11.9 Å². The van der Waals surface area contributed by atoms with Crippen molar-refractivity contribution in [2.75, 3.05) is 13.7 Å². The summed E-state index contributed by atoms with van der Waals surface area (Å²) in [5.41, 5.74) is 1.47. The van der Waals surface area contributed by atoms with Crippen LogP contribution in [-0.4, -0.2) is 80.4 Å². The van der Waals surface area contributed by atoms with Gasteiger partial charge in [-0.1, -0.05) is 42.5 Å². The van der Waals surface area contributed by atoms with Crippen molar-refractivity contribution in [3.05, 3.63) is 65.7 Å². The van der Waals surface area contributed by atoms with Crippen LogP contribution in [0.25, 0.3) is 0 Å². The lowest BCUT2D eigenvalue weighted by Crippen LogP contribution is -2.63. The molecule has 6 atom stereocenters. The van der Waals surface area contributed by atoms with E-state index in [0.717, 1.165) is 26.3 Å². The first kappa shape index (κ1) is 34.2. The molecule has 13 heteroatoms. The van der Waals surface area contributed by atoms with Gasteiger partial charge in [-0.2, -0.15) is 0 Å². The Morgan fingerprint density at radius 2 is 1.32 bits per heavy atom. The molecule has 0 aromatic heterocycles. The fourth-order valence-electron chi connectivity index (χ4n) is 4.52. The largest absolute Gasteiger partial charge is 0.467 e. The fourth-order valence-corrected chi connectivity index (χ4v) is 4.52. The van der Waals surface area contributed by atoms with Crippen molar-refractivity contribution in [1.29, 1.82) is 0 Å². The van der Waals surface area contributed by atoms with Crippen LogP contribution >= 0.6 is 0 Å². The Morgan fingerprint density at radius 3 is 1.89 bits per heavy atom. The SMILES string of the molecule is COC(=O)C(Cc1ccc(OC(C)=O)cc1)O[C@@H]1O[C@H](COCc2ccccc2)[C@H](OC(C)=O)[C@H](OC(C)=O)[C@H]1OC(C)=O. The molecular formula is C31H36O13. The summed E-state index contributed by atoms with van der Waals surface area (Å²) in [4.78, 5) is 60.6. The molecule has 1 aliphatic heterocycles. The zero-order valence-corrected chi connectivity index (χ0v) is 25.1. The molecule has 238 valence electrons. The molecule has 1 heterocycles. The molecule has 0 bridgehead atoms. The number of benzene rings is 2. The van der Waals surface area contributed by atoms with Gasteiger partial charge in [-0.3, -0.25) is 19.2 Å². The van der Waals surface area contributed by atoms with Gasteiger partial charge in [-0.25, -0.2) is 4.79 Å². The predicted molar refractivity (Wildman–Crippen MR) is 150 cm³/mol. The van der Waals surface area contributed by atoms with Gasteiger partial charge in [0.25, 0.3) is 0 Å². The minimum Gasteiger partial charge on any atom is -0.467 e. The third kappa shape index (κ3) is 10.4. The summed E-state index contributed by atoms with van der Waals surface area (Å²) in [5.74, 6) is -3.21. The summed E-state index contributed by atoms with van der Waals surface area (Å²) in [6, 6.07) is 15.6. The van der Waals surface area contributed by atoms with Crippen LogP contribution in [0.4, 0.5) is 0 Å². The van der Waals surface area contributed by atoms with Gasteiger partial charge in [0.2, 0.25) is 0 Å². The minimum atomic E-state index is -1.50. The van der Waals surface area contributed by atoms with E-state index in [1.807, 2.05) is 30.3 Å². The highest BCUT2D eigenvalue weighted by atomic mass is 16.7. The summed E-state index contributed by atoms with van der Waals surface area (Å²) in [5, 5.41) is 0. The Hall–Kier alpha value is -4.33. The molecule has 0 radical (unpaired) electrons. The normalized spacial score (nSPS) is 21.8. The molecule has 1 unspecified atom stereocenters. The predicted octanol–water partition coefficient (Wildman–Crippen LogP) is 2.45. The molecule has 1 aliphatic rings. The van der Waals surface area contributed by atoms with Gasteiger partial charge in [-0.05, 0) is 23.3 Å². The van der Waals surface area contributed by atoms with Crippen LogP contribution in [0.3, 0.4) is 0 Å². The zero-order valence-electron chi connectivity index (χ0n) is 25.1. The fraction of sp³-hybridized carbons (Fsp3) is 0.452. The Balaban J connectivity index is 1.92. The first-order valence-corrected chi connectivity index (χ1v) is 13.8. The van der Waals surface area contributed by atoms with Crippen LogP contribution in [-0.2, 0) is 70.2 Å². The number of carbonyl (C=O) groups is 5. The van der Waals surface area contributed by atoms with Gasteiger partial charge >= 0.3 is 29.8 Å². The van der Waals surface area contributed by atoms with Crippen LogP contribution in [0.5, 0.6) is 5.75 Å². The van der Waals surface area contributed by atoms with E-state index in [9.17, 15) is 24.0 Å². The lowest BCUT2D eigenvalue weighted by molar-refractivity contribution is -0.317. The van der Waals surface area contributed by atoms with Crippen molar-refractivity contribution in [3.63, 3.8) is 0 Å². The van der Waals surface area contributed by atoms with Crippen molar-refractivity contribution in [1.82, 2.24) is 0 Å². The maximum Gasteiger partial charge on any atom is 0.335 e. The highest BCUT2D eigenvalue weighted by Gasteiger charge is 2.53. The second kappa shape index (κ2) is 16.5. The highest BCUT2D eigenvalue weighted by molar-refractivity contribution is 5.75. The Bertz CT molecular complexity index is 1280. The van der Waals surface area contributed by atoms with E-state index in [-0.39, 0.29) is 19.6 Å². The van der Waals surface area contributed by atoms with Crippen molar-refractivity contribution < 1.29 is 61.9 Å². The third-order valence-electron chi connectivity index (χ3n) is 6.26. The number of ether oxygens (including phenoxy) is 8.